The molecule has 1 aromatic rings. The predicted octanol–water partition coefficient (Wildman–Crippen LogP) is -0.137. The zero-order chi connectivity index (χ0) is 14.5. The van der Waals surface area contributed by atoms with E-state index >= 15 is 0 Å². The number of primary amides is 1. The number of ether oxygens (including phenoxy) is 1. The van der Waals surface area contributed by atoms with Crippen molar-refractivity contribution < 1.29 is 9.53 Å². The lowest BCUT2D eigenvalue weighted by Gasteiger charge is -2.33. The first-order valence-corrected chi connectivity index (χ1v) is 6.54. The predicted molar refractivity (Wildman–Crippen MR) is 75.1 cm³/mol. The minimum atomic E-state index is -0.238. The summed E-state index contributed by atoms with van der Waals surface area (Å²) >= 11 is 0. The number of nitrogens with one attached hydrogen (secondary N) is 1. The number of rotatable bonds is 5. The van der Waals surface area contributed by atoms with Gasteiger partial charge in [-0.3, -0.25) is 4.79 Å². The van der Waals surface area contributed by atoms with E-state index in [0.717, 1.165) is 25.9 Å². The summed E-state index contributed by atoms with van der Waals surface area (Å²) in [7, 11) is 1.56. The van der Waals surface area contributed by atoms with E-state index in [1.165, 1.54) is 6.33 Å². The summed E-state index contributed by atoms with van der Waals surface area (Å²) in [6.45, 7) is 1.60. The monoisotopic (exact) mass is 280 g/mol. The molecule has 0 radical (unpaired) electrons. The molecule has 0 spiro atoms. The highest BCUT2D eigenvalue weighted by Gasteiger charge is 2.24. The average molecular weight is 280 g/mol. The Bertz CT molecular complexity index is 473. The van der Waals surface area contributed by atoms with Crippen molar-refractivity contribution in [1.29, 1.82) is 0 Å². The normalized spacial score (nSPS) is 16.0. The summed E-state index contributed by atoms with van der Waals surface area (Å²) in [4.78, 5) is 21.3. The van der Waals surface area contributed by atoms with Gasteiger partial charge in [0.25, 0.3) is 0 Å². The zero-order valence-electron chi connectivity index (χ0n) is 11.5. The Kier molecular flexibility index (Phi) is 4.57. The zero-order valence-corrected chi connectivity index (χ0v) is 11.5. The lowest BCUT2D eigenvalue weighted by molar-refractivity contribution is -0.119. The topological polar surface area (TPSA) is 119 Å². The lowest BCUT2D eigenvalue weighted by Crippen LogP contribution is -2.36. The van der Waals surface area contributed by atoms with Gasteiger partial charge in [-0.2, -0.15) is 0 Å². The SMILES string of the molecule is COc1c(NN)ncnc1N1CCC(CC(N)=O)CC1. The standard InChI is InChI=1S/C12H20N6O2/c1-20-10-11(17-14)15-7-16-12(10)18-4-2-8(3-5-18)6-9(13)19/h7-8H,2-6,14H2,1H3,(H2,13,19)(H,15,16,17). The fourth-order valence-corrected chi connectivity index (χ4v) is 2.51. The third-order valence-electron chi connectivity index (χ3n) is 3.53. The van der Waals surface area contributed by atoms with Gasteiger partial charge < -0.3 is 20.8 Å². The summed E-state index contributed by atoms with van der Waals surface area (Å²) in [6, 6.07) is 0. The molecule has 0 unspecified atom stereocenters. The number of hydrogen-bond acceptors (Lipinski definition) is 7. The Labute approximate surface area is 117 Å². The van der Waals surface area contributed by atoms with Crippen LogP contribution >= 0.6 is 0 Å². The number of piperidine rings is 1. The second kappa shape index (κ2) is 6.38. The molecule has 2 rings (SSSR count). The van der Waals surface area contributed by atoms with E-state index < -0.39 is 0 Å². The van der Waals surface area contributed by atoms with Gasteiger partial charge in [0.2, 0.25) is 11.7 Å². The van der Waals surface area contributed by atoms with Crippen molar-refractivity contribution in [3.05, 3.63) is 6.33 Å². The molecule has 8 nitrogen and oxygen atoms in total. The summed E-state index contributed by atoms with van der Waals surface area (Å²) in [5, 5.41) is 0. The lowest BCUT2D eigenvalue weighted by atomic mass is 9.93. The van der Waals surface area contributed by atoms with Crippen molar-refractivity contribution >= 4 is 17.5 Å². The number of hydrazine groups is 1. The summed E-state index contributed by atoms with van der Waals surface area (Å²) in [5.74, 6) is 7.23. The Hall–Kier alpha value is -2.09. The summed E-state index contributed by atoms with van der Waals surface area (Å²) < 4.78 is 5.33. The molecular formula is C12H20N6O2. The minimum absolute atomic E-state index is 0.238. The van der Waals surface area contributed by atoms with Gasteiger partial charge in [0.05, 0.1) is 7.11 Å². The second-order valence-electron chi connectivity index (χ2n) is 4.82. The van der Waals surface area contributed by atoms with Crippen LogP contribution < -0.4 is 26.6 Å². The van der Waals surface area contributed by atoms with Crippen LogP contribution in [0.4, 0.5) is 11.6 Å². The Morgan fingerprint density at radius 1 is 1.50 bits per heavy atom. The number of hydrogen-bond donors (Lipinski definition) is 3. The van der Waals surface area contributed by atoms with E-state index in [-0.39, 0.29) is 5.91 Å². The Morgan fingerprint density at radius 3 is 2.75 bits per heavy atom. The highest BCUT2D eigenvalue weighted by molar-refractivity contribution is 5.74. The summed E-state index contributed by atoms with van der Waals surface area (Å²) in [5.41, 5.74) is 7.73. The Balaban J connectivity index is 2.09. The quantitative estimate of drug-likeness (QED) is 0.507. The summed E-state index contributed by atoms with van der Waals surface area (Å²) in [6.07, 6.45) is 3.70. The number of methoxy groups -OCH3 is 1. The smallest absolute Gasteiger partial charge is 0.217 e. The molecule has 1 fully saturated rings. The molecule has 1 aromatic heterocycles. The van der Waals surface area contributed by atoms with Crippen molar-refractivity contribution in [2.75, 3.05) is 30.5 Å². The van der Waals surface area contributed by atoms with Gasteiger partial charge in [0.1, 0.15) is 6.33 Å². The van der Waals surface area contributed by atoms with Crippen molar-refractivity contribution in [3.63, 3.8) is 0 Å². The van der Waals surface area contributed by atoms with Crippen LogP contribution in [-0.2, 0) is 4.79 Å². The molecule has 8 heteroatoms. The van der Waals surface area contributed by atoms with Crippen molar-refractivity contribution in [2.24, 2.45) is 17.5 Å². The molecule has 0 atom stereocenters. The van der Waals surface area contributed by atoms with E-state index in [0.29, 0.717) is 29.7 Å². The first kappa shape index (κ1) is 14.3. The maximum absolute atomic E-state index is 10.9. The van der Waals surface area contributed by atoms with Gasteiger partial charge in [-0.15, -0.1) is 0 Å². The van der Waals surface area contributed by atoms with Gasteiger partial charge >= 0.3 is 0 Å². The molecular weight excluding hydrogens is 260 g/mol. The van der Waals surface area contributed by atoms with Gasteiger partial charge in [-0.1, -0.05) is 0 Å². The molecule has 0 aromatic carbocycles. The molecule has 0 aliphatic carbocycles. The van der Waals surface area contributed by atoms with Crippen molar-refractivity contribution in [2.45, 2.75) is 19.3 Å². The minimum Gasteiger partial charge on any atom is -0.490 e. The van der Waals surface area contributed by atoms with Crippen molar-refractivity contribution in [3.8, 4) is 5.75 Å². The number of anilines is 2. The van der Waals surface area contributed by atoms with E-state index in [1.807, 2.05) is 0 Å². The fourth-order valence-electron chi connectivity index (χ4n) is 2.51. The van der Waals surface area contributed by atoms with Crippen LogP contribution in [0, 0.1) is 5.92 Å². The van der Waals surface area contributed by atoms with E-state index in [1.54, 1.807) is 7.11 Å². The van der Waals surface area contributed by atoms with Gasteiger partial charge in [0.15, 0.2) is 11.6 Å². The number of nitrogens with two attached hydrogens (primary N) is 2. The average Bonchev–Trinajstić information content (AvgIpc) is 2.46. The number of nitrogen functional groups attached to an aromatic ring is 1. The number of aromatic nitrogens is 2. The first-order valence-electron chi connectivity index (χ1n) is 6.54. The van der Waals surface area contributed by atoms with Crippen LogP contribution in [0.3, 0.4) is 0 Å². The maximum atomic E-state index is 10.9. The van der Waals surface area contributed by atoms with Crippen LogP contribution in [0.5, 0.6) is 5.75 Å². The highest BCUT2D eigenvalue weighted by atomic mass is 16.5. The van der Waals surface area contributed by atoms with Crippen LogP contribution in [0.2, 0.25) is 0 Å². The fraction of sp³-hybridized carbons (Fsp3) is 0.583. The number of carbonyl (C=O) groups excluding carboxylic acids is 1. The van der Waals surface area contributed by atoms with Gasteiger partial charge in [0, 0.05) is 19.5 Å². The third kappa shape index (κ3) is 3.08. The number of nitrogens with zero attached hydrogens (tertiary/aromatic N) is 3. The second-order valence-corrected chi connectivity index (χ2v) is 4.82. The molecule has 110 valence electrons. The van der Waals surface area contributed by atoms with E-state index in [2.05, 4.69) is 20.3 Å². The van der Waals surface area contributed by atoms with Crippen LogP contribution in [0.1, 0.15) is 19.3 Å². The van der Waals surface area contributed by atoms with Gasteiger partial charge in [-0.25, -0.2) is 15.8 Å². The van der Waals surface area contributed by atoms with E-state index in [9.17, 15) is 4.79 Å². The molecule has 1 aliphatic rings. The molecule has 1 saturated heterocycles. The Morgan fingerprint density at radius 2 is 2.20 bits per heavy atom. The first-order chi connectivity index (χ1) is 9.65. The van der Waals surface area contributed by atoms with E-state index in [4.69, 9.17) is 16.3 Å². The highest BCUT2D eigenvalue weighted by Crippen LogP contribution is 2.34. The number of amides is 1. The molecule has 1 amide bonds. The molecule has 20 heavy (non-hydrogen) atoms. The van der Waals surface area contributed by atoms with Crippen LogP contribution in [0.25, 0.3) is 0 Å². The largest absolute Gasteiger partial charge is 0.490 e. The van der Waals surface area contributed by atoms with Crippen LogP contribution in [-0.4, -0.2) is 36.1 Å². The maximum Gasteiger partial charge on any atom is 0.217 e. The molecule has 0 saturated carbocycles. The molecule has 2 heterocycles. The number of carbonyl (C=O) groups is 1. The van der Waals surface area contributed by atoms with Crippen LogP contribution in [0.15, 0.2) is 6.33 Å². The molecule has 5 N–H and O–H groups in total. The van der Waals surface area contributed by atoms with Crippen molar-refractivity contribution in [1.82, 2.24) is 9.97 Å². The van der Waals surface area contributed by atoms with Gasteiger partial charge in [-0.05, 0) is 18.8 Å². The molecule has 0 bridgehead atoms. The molecule has 1 aliphatic heterocycles. The third-order valence-corrected chi connectivity index (χ3v) is 3.53.